The third kappa shape index (κ3) is 4.98. The molecule has 0 spiro atoms. The minimum Gasteiger partial charge on any atom is -0.375 e. The smallest absolute Gasteiger partial charge is 0.375 e. The molecule has 0 saturated carbocycles. The molecule has 0 saturated heterocycles. The minimum atomic E-state index is -4.52. The van der Waals surface area contributed by atoms with Gasteiger partial charge in [-0.15, -0.1) is 0 Å². The number of hydrogen-bond donors (Lipinski definition) is 2. The Kier molecular flexibility index (Phi) is 6.12. The van der Waals surface area contributed by atoms with Gasteiger partial charge in [-0.2, -0.15) is 13.2 Å². The van der Waals surface area contributed by atoms with Crippen molar-refractivity contribution in [2.45, 2.75) is 16.0 Å². The van der Waals surface area contributed by atoms with Crippen LogP contribution >= 0.6 is 0 Å². The molecule has 0 radical (unpaired) electrons. The molecular formula is C21H17F3N2O3S. The lowest BCUT2D eigenvalue weighted by Crippen LogP contribution is -2.22. The van der Waals surface area contributed by atoms with E-state index in [4.69, 9.17) is 0 Å². The highest BCUT2D eigenvalue weighted by atomic mass is 32.2. The maximum Gasteiger partial charge on any atom is 0.416 e. The van der Waals surface area contributed by atoms with E-state index in [1.165, 1.54) is 36.4 Å². The fourth-order valence-electron chi connectivity index (χ4n) is 2.73. The zero-order valence-corrected chi connectivity index (χ0v) is 16.3. The molecule has 0 bridgehead atoms. The Labute approximate surface area is 171 Å². The van der Waals surface area contributed by atoms with Gasteiger partial charge in [-0.1, -0.05) is 36.4 Å². The first-order chi connectivity index (χ1) is 14.2. The van der Waals surface area contributed by atoms with Crippen LogP contribution in [0.25, 0.3) is 0 Å². The summed E-state index contributed by atoms with van der Waals surface area (Å²) in [6, 6.07) is 18.2. The summed E-state index contributed by atoms with van der Waals surface area (Å²) in [5.74, 6) is -0.624. The van der Waals surface area contributed by atoms with Crippen LogP contribution < -0.4 is 10.6 Å². The lowest BCUT2D eigenvalue weighted by Gasteiger charge is -2.13. The number of nitrogens with one attached hydrogen (secondary N) is 2. The van der Waals surface area contributed by atoms with Crippen molar-refractivity contribution >= 4 is 27.1 Å². The number of anilines is 2. The van der Waals surface area contributed by atoms with Gasteiger partial charge in [0, 0.05) is 5.69 Å². The van der Waals surface area contributed by atoms with Crippen molar-refractivity contribution in [3.05, 3.63) is 84.4 Å². The average molecular weight is 434 g/mol. The van der Waals surface area contributed by atoms with Crippen LogP contribution in [0.5, 0.6) is 0 Å². The van der Waals surface area contributed by atoms with E-state index in [1.807, 2.05) is 0 Å². The van der Waals surface area contributed by atoms with Gasteiger partial charge in [-0.25, -0.2) is 8.42 Å². The third-order valence-corrected chi connectivity index (χ3v) is 5.97. The summed E-state index contributed by atoms with van der Waals surface area (Å²) >= 11 is 0. The molecule has 30 heavy (non-hydrogen) atoms. The first kappa shape index (κ1) is 21.4. The van der Waals surface area contributed by atoms with Crippen LogP contribution in [0.1, 0.15) is 5.56 Å². The number of alkyl halides is 3. The second kappa shape index (κ2) is 8.58. The molecule has 0 atom stereocenters. The molecule has 0 heterocycles. The van der Waals surface area contributed by atoms with Crippen molar-refractivity contribution < 1.29 is 26.4 Å². The van der Waals surface area contributed by atoms with Gasteiger partial charge in [0.1, 0.15) is 0 Å². The number of rotatable bonds is 6. The largest absolute Gasteiger partial charge is 0.416 e. The van der Waals surface area contributed by atoms with Crippen molar-refractivity contribution in [3.8, 4) is 0 Å². The van der Waals surface area contributed by atoms with Crippen molar-refractivity contribution in [3.63, 3.8) is 0 Å². The number of carbonyl (C=O) groups excluding carboxylic acids is 1. The standard InChI is InChI=1S/C21H17F3N2O3S/c22-21(23,24)15-7-6-8-16(13-15)26-20(27)14-25-18-11-4-5-12-19(18)30(28,29)17-9-2-1-3-10-17/h1-13,25H,14H2,(H,26,27). The van der Waals surface area contributed by atoms with Crippen molar-refractivity contribution in [2.24, 2.45) is 0 Å². The molecule has 9 heteroatoms. The maximum absolute atomic E-state index is 12.9. The summed E-state index contributed by atoms with van der Waals surface area (Å²) < 4.78 is 64.1. The van der Waals surface area contributed by atoms with Crippen LogP contribution in [0.3, 0.4) is 0 Å². The normalized spacial score (nSPS) is 11.7. The predicted octanol–water partition coefficient (Wildman–Crippen LogP) is 4.59. The summed E-state index contributed by atoms with van der Waals surface area (Å²) in [5, 5.41) is 5.10. The van der Waals surface area contributed by atoms with Gasteiger partial charge in [0.15, 0.2) is 0 Å². The lowest BCUT2D eigenvalue weighted by atomic mass is 10.2. The summed E-state index contributed by atoms with van der Waals surface area (Å²) in [6.07, 6.45) is -4.52. The van der Waals surface area contributed by atoms with E-state index in [-0.39, 0.29) is 27.7 Å². The first-order valence-corrected chi connectivity index (χ1v) is 10.3. The number of sulfone groups is 1. The van der Waals surface area contributed by atoms with Crippen LogP contribution in [-0.2, 0) is 20.8 Å². The highest BCUT2D eigenvalue weighted by Gasteiger charge is 2.30. The average Bonchev–Trinajstić information content (AvgIpc) is 2.73. The van der Waals surface area contributed by atoms with E-state index in [9.17, 15) is 26.4 Å². The van der Waals surface area contributed by atoms with Crippen LogP contribution in [0.2, 0.25) is 0 Å². The van der Waals surface area contributed by atoms with E-state index in [0.29, 0.717) is 0 Å². The second-order valence-electron chi connectivity index (χ2n) is 6.29. The van der Waals surface area contributed by atoms with E-state index >= 15 is 0 Å². The fourth-order valence-corrected chi connectivity index (χ4v) is 4.18. The Bertz CT molecular complexity index is 1150. The van der Waals surface area contributed by atoms with Gasteiger partial charge in [-0.3, -0.25) is 4.79 Å². The van der Waals surface area contributed by atoms with Crippen LogP contribution in [0, 0.1) is 0 Å². The molecule has 3 rings (SSSR count). The summed E-state index contributed by atoms with van der Waals surface area (Å²) in [6.45, 7) is -0.336. The molecule has 1 amide bonds. The van der Waals surface area contributed by atoms with Gasteiger partial charge in [0.2, 0.25) is 15.7 Å². The topological polar surface area (TPSA) is 75.3 Å². The lowest BCUT2D eigenvalue weighted by molar-refractivity contribution is -0.137. The zero-order chi connectivity index (χ0) is 21.8. The summed E-state index contributed by atoms with van der Waals surface area (Å²) in [5.41, 5.74) is -0.685. The summed E-state index contributed by atoms with van der Waals surface area (Å²) in [4.78, 5) is 12.3. The Morgan fingerprint density at radius 2 is 1.53 bits per heavy atom. The SMILES string of the molecule is O=C(CNc1ccccc1S(=O)(=O)c1ccccc1)Nc1cccc(C(F)(F)F)c1. The molecule has 0 fully saturated rings. The molecule has 0 aliphatic rings. The monoisotopic (exact) mass is 434 g/mol. The molecule has 2 N–H and O–H groups in total. The van der Waals surface area contributed by atoms with Crippen LogP contribution in [0.4, 0.5) is 24.5 Å². The Balaban J connectivity index is 1.74. The molecular weight excluding hydrogens is 417 g/mol. The number of carbonyl (C=O) groups is 1. The maximum atomic E-state index is 12.9. The molecule has 0 unspecified atom stereocenters. The number of para-hydroxylation sites is 1. The van der Waals surface area contributed by atoms with E-state index < -0.39 is 27.5 Å². The Morgan fingerprint density at radius 1 is 0.867 bits per heavy atom. The van der Waals surface area contributed by atoms with Crippen LogP contribution in [0.15, 0.2) is 88.7 Å². The van der Waals surface area contributed by atoms with Crippen molar-refractivity contribution in [1.29, 1.82) is 0 Å². The number of benzene rings is 3. The molecule has 0 aliphatic heterocycles. The van der Waals surface area contributed by atoms with E-state index in [2.05, 4.69) is 10.6 Å². The highest BCUT2D eigenvalue weighted by molar-refractivity contribution is 7.91. The van der Waals surface area contributed by atoms with E-state index in [1.54, 1.807) is 30.3 Å². The fraction of sp³-hybridized carbons (Fsp3) is 0.0952. The van der Waals surface area contributed by atoms with Gasteiger partial charge in [0.05, 0.1) is 27.6 Å². The second-order valence-corrected chi connectivity index (χ2v) is 8.21. The molecule has 3 aromatic carbocycles. The number of hydrogen-bond acceptors (Lipinski definition) is 4. The van der Waals surface area contributed by atoms with Gasteiger partial charge < -0.3 is 10.6 Å². The number of amides is 1. The Hall–Kier alpha value is -3.33. The highest BCUT2D eigenvalue weighted by Crippen LogP contribution is 2.31. The van der Waals surface area contributed by atoms with Gasteiger partial charge in [-0.05, 0) is 42.5 Å². The molecule has 3 aromatic rings. The van der Waals surface area contributed by atoms with Gasteiger partial charge >= 0.3 is 6.18 Å². The molecule has 0 aromatic heterocycles. The van der Waals surface area contributed by atoms with Crippen LogP contribution in [-0.4, -0.2) is 20.9 Å². The minimum absolute atomic E-state index is 0.0110. The van der Waals surface area contributed by atoms with Gasteiger partial charge in [0.25, 0.3) is 0 Å². The Morgan fingerprint density at radius 3 is 2.23 bits per heavy atom. The van der Waals surface area contributed by atoms with E-state index in [0.717, 1.165) is 12.1 Å². The quantitative estimate of drug-likeness (QED) is 0.595. The number of halogens is 3. The van der Waals surface area contributed by atoms with Crippen molar-refractivity contribution in [2.75, 3.05) is 17.2 Å². The van der Waals surface area contributed by atoms with Crippen molar-refractivity contribution in [1.82, 2.24) is 0 Å². The summed E-state index contributed by atoms with van der Waals surface area (Å²) in [7, 11) is -3.82. The zero-order valence-electron chi connectivity index (χ0n) is 15.5. The molecule has 5 nitrogen and oxygen atoms in total. The molecule has 0 aliphatic carbocycles. The molecule has 156 valence electrons. The third-order valence-electron chi connectivity index (χ3n) is 4.14. The first-order valence-electron chi connectivity index (χ1n) is 8.78. The predicted molar refractivity (Wildman–Crippen MR) is 107 cm³/mol.